The summed E-state index contributed by atoms with van der Waals surface area (Å²) in [5.74, 6) is 0.453. The molecule has 32 heavy (non-hydrogen) atoms. The first-order chi connectivity index (χ1) is 14.8. The van der Waals surface area contributed by atoms with E-state index in [1.54, 1.807) is 0 Å². The fraction of sp³-hybridized carbons (Fsp3) is 0.524. The van der Waals surface area contributed by atoms with Gasteiger partial charge in [0.15, 0.2) is 0 Å². The van der Waals surface area contributed by atoms with Crippen LogP contribution in [0.5, 0.6) is 0 Å². The number of methoxy groups -OCH3 is 1. The predicted molar refractivity (Wildman–Crippen MR) is 105 cm³/mol. The average molecular weight is 465 g/mol. The van der Waals surface area contributed by atoms with E-state index in [1.807, 2.05) is 9.58 Å². The molecular weight excluding hydrogens is 440 g/mol. The standard InChI is InChI=1S/C11H17N3O.C10H8F6O/c1-9(2)11-6-10-7-13(8-15)4-3-5-14(10)12-11;1-17-5-6-2-7(9(11,12)13)4-8(3-6)10(14,15)16/h6,8-9H,3-5,7H2,1-2H3;2-4H,5H2,1H3. The van der Waals surface area contributed by atoms with Crippen molar-refractivity contribution >= 4 is 6.41 Å². The average Bonchev–Trinajstić information content (AvgIpc) is 2.99. The molecule has 0 atom stereocenters. The minimum atomic E-state index is -4.82. The maximum Gasteiger partial charge on any atom is 0.416 e. The van der Waals surface area contributed by atoms with Crippen LogP contribution in [-0.2, 0) is 41.6 Å². The SMILES string of the molecule is CC(C)c1cc2n(n1)CCCN(C=O)C2.COCc1cc(C(F)(F)F)cc(C(F)(F)F)c1. The summed E-state index contributed by atoms with van der Waals surface area (Å²) in [6.45, 7) is 6.42. The Balaban J connectivity index is 0.000000228. The highest BCUT2D eigenvalue weighted by Gasteiger charge is 2.36. The van der Waals surface area contributed by atoms with Gasteiger partial charge in [0.05, 0.1) is 35.7 Å². The molecule has 178 valence electrons. The van der Waals surface area contributed by atoms with Gasteiger partial charge in [-0.15, -0.1) is 0 Å². The van der Waals surface area contributed by atoms with E-state index >= 15 is 0 Å². The molecule has 1 aromatic carbocycles. The number of rotatable bonds is 4. The van der Waals surface area contributed by atoms with E-state index in [-0.39, 0.29) is 18.2 Å². The molecule has 5 nitrogen and oxygen atoms in total. The van der Waals surface area contributed by atoms with Gasteiger partial charge in [-0.05, 0) is 42.2 Å². The number of benzene rings is 1. The van der Waals surface area contributed by atoms with Gasteiger partial charge >= 0.3 is 12.4 Å². The highest BCUT2D eigenvalue weighted by Crippen LogP contribution is 2.36. The summed E-state index contributed by atoms with van der Waals surface area (Å²) in [6, 6.07) is 3.48. The number of aromatic nitrogens is 2. The second-order valence-electron chi connectivity index (χ2n) is 7.71. The van der Waals surface area contributed by atoms with Crippen LogP contribution >= 0.6 is 0 Å². The Labute approximate surface area is 182 Å². The third-order valence-electron chi connectivity index (χ3n) is 4.76. The van der Waals surface area contributed by atoms with E-state index in [2.05, 4.69) is 29.7 Å². The Kier molecular flexibility index (Phi) is 8.33. The zero-order valence-corrected chi connectivity index (χ0v) is 17.9. The van der Waals surface area contributed by atoms with Crippen LogP contribution in [0.15, 0.2) is 24.3 Å². The van der Waals surface area contributed by atoms with Gasteiger partial charge < -0.3 is 9.64 Å². The lowest BCUT2D eigenvalue weighted by Gasteiger charge is -2.13. The molecule has 0 fully saturated rings. The molecule has 0 saturated heterocycles. The highest BCUT2D eigenvalue weighted by atomic mass is 19.4. The Morgan fingerprint density at radius 1 is 1.03 bits per heavy atom. The third-order valence-corrected chi connectivity index (χ3v) is 4.76. The summed E-state index contributed by atoms with van der Waals surface area (Å²) in [7, 11) is 1.19. The number of fused-ring (bicyclic) bond motifs is 1. The van der Waals surface area contributed by atoms with Gasteiger partial charge in [-0.2, -0.15) is 31.4 Å². The Bertz CT molecular complexity index is 874. The van der Waals surface area contributed by atoms with Crippen molar-refractivity contribution < 1.29 is 35.9 Å². The second kappa shape index (κ2) is 10.4. The molecule has 0 bridgehead atoms. The van der Waals surface area contributed by atoms with E-state index in [0.29, 0.717) is 24.6 Å². The highest BCUT2D eigenvalue weighted by molar-refractivity contribution is 5.47. The maximum absolute atomic E-state index is 12.4. The molecule has 0 aliphatic carbocycles. The fourth-order valence-corrected chi connectivity index (χ4v) is 3.15. The molecule has 0 radical (unpaired) electrons. The van der Waals surface area contributed by atoms with Gasteiger partial charge in [0.25, 0.3) is 0 Å². The smallest absolute Gasteiger partial charge is 0.380 e. The van der Waals surface area contributed by atoms with Gasteiger partial charge in [0, 0.05) is 20.2 Å². The molecule has 1 amide bonds. The number of ether oxygens (including phenoxy) is 1. The maximum atomic E-state index is 12.4. The number of amides is 1. The van der Waals surface area contributed by atoms with Crippen LogP contribution < -0.4 is 0 Å². The van der Waals surface area contributed by atoms with Gasteiger partial charge in [0.1, 0.15) is 0 Å². The fourth-order valence-electron chi connectivity index (χ4n) is 3.15. The van der Waals surface area contributed by atoms with E-state index in [9.17, 15) is 31.1 Å². The zero-order chi connectivity index (χ0) is 24.1. The zero-order valence-electron chi connectivity index (χ0n) is 17.9. The lowest BCUT2D eigenvalue weighted by atomic mass is 10.1. The number of halogens is 6. The summed E-state index contributed by atoms with van der Waals surface area (Å²) in [4.78, 5) is 12.6. The minimum absolute atomic E-state index is 0.0825. The van der Waals surface area contributed by atoms with Crippen molar-refractivity contribution in [1.29, 1.82) is 0 Å². The van der Waals surface area contributed by atoms with Crippen LogP contribution in [-0.4, -0.2) is 34.7 Å². The van der Waals surface area contributed by atoms with Crippen LogP contribution in [0.1, 0.15) is 54.3 Å². The molecule has 0 unspecified atom stereocenters. The second-order valence-corrected chi connectivity index (χ2v) is 7.71. The molecule has 0 saturated carbocycles. The Morgan fingerprint density at radius 2 is 1.62 bits per heavy atom. The van der Waals surface area contributed by atoms with Gasteiger partial charge in [-0.3, -0.25) is 9.48 Å². The summed E-state index contributed by atoms with van der Waals surface area (Å²) in [6.07, 6.45) is -7.71. The Hall–Kier alpha value is -2.56. The van der Waals surface area contributed by atoms with Crippen molar-refractivity contribution in [2.75, 3.05) is 13.7 Å². The van der Waals surface area contributed by atoms with Crippen LogP contribution in [0, 0.1) is 0 Å². The van der Waals surface area contributed by atoms with E-state index in [0.717, 1.165) is 37.3 Å². The predicted octanol–water partition coefficient (Wildman–Crippen LogP) is 5.24. The minimum Gasteiger partial charge on any atom is -0.380 e. The van der Waals surface area contributed by atoms with Crippen LogP contribution in [0.4, 0.5) is 26.3 Å². The van der Waals surface area contributed by atoms with Crippen LogP contribution in [0.2, 0.25) is 0 Å². The number of aryl methyl sites for hydroxylation is 1. The van der Waals surface area contributed by atoms with E-state index in [1.165, 1.54) is 7.11 Å². The molecule has 0 spiro atoms. The lowest BCUT2D eigenvalue weighted by molar-refractivity contribution is -0.143. The molecule has 1 aliphatic rings. The van der Waals surface area contributed by atoms with Crippen molar-refractivity contribution in [2.45, 2.75) is 58.2 Å². The molecule has 1 aromatic heterocycles. The summed E-state index contributed by atoms with van der Waals surface area (Å²) in [5.41, 5.74) is -0.561. The van der Waals surface area contributed by atoms with Gasteiger partial charge in [0.2, 0.25) is 6.41 Å². The number of hydrogen-bond acceptors (Lipinski definition) is 3. The molecule has 0 N–H and O–H groups in total. The number of hydrogen-bond donors (Lipinski definition) is 0. The van der Waals surface area contributed by atoms with Crippen molar-refractivity contribution in [3.63, 3.8) is 0 Å². The van der Waals surface area contributed by atoms with Crippen molar-refractivity contribution in [2.24, 2.45) is 0 Å². The van der Waals surface area contributed by atoms with Gasteiger partial charge in [-0.1, -0.05) is 13.8 Å². The van der Waals surface area contributed by atoms with Crippen molar-refractivity contribution in [3.8, 4) is 0 Å². The van der Waals surface area contributed by atoms with Gasteiger partial charge in [-0.25, -0.2) is 0 Å². The molecular formula is C21H25F6N3O2. The summed E-state index contributed by atoms with van der Waals surface area (Å²) >= 11 is 0. The Morgan fingerprint density at radius 3 is 2.09 bits per heavy atom. The normalized spacial score (nSPS) is 14.5. The first-order valence-corrected chi connectivity index (χ1v) is 9.88. The molecule has 2 aromatic rings. The van der Waals surface area contributed by atoms with Crippen molar-refractivity contribution in [1.82, 2.24) is 14.7 Å². The summed E-state index contributed by atoms with van der Waals surface area (Å²) < 4.78 is 80.8. The first-order valence-electron chi connectivity index (χ1n) is 9.88. The lowest BCUT2D eigenvalue weighted by Crippen LogP contribution is -2.20. The quantitative estimate of drug-likeness (QED) is 0.459. The molecule has 1 aliphatic heterocycles. The number of carbonyl (C=O) groups excluding carboxylic acids is 1. The number of alkyl halides is 6. The number of carbonyl (C=O) groups is 1. The van der Waals surface area contributed by atoms with Crippen LogP contribution in [0.25, 0.3) is 0 Å². The largest absolute Gasteiger partial charge is 0.416 e. The number of nitrogens with zero attached hydrogens (tertiary/aromatic N) is 3. The topological polar surface area (TPSA) is 47.4 Å². The van der Waals surface area contributed by atoms with Crippen molar-refractivity contribution in [3.05, 3.63) is 52.3 Å². The summed E-state index contributed by atoms with van der Waals surface area (Å²) in [5, 5.41) is 4.55. The monoisotopic (exact) mass is 465 g/mol. The first kappa shape index (κ1) is 25.7. The van der Waals surface area contributed by atoms with E-state index < -0.39 is 23.5 Å². The molecule has 11 heteroatoms. The van der Waals surface area contributed by atoms with Crippen LogP contribution in [0.3, 0.4) is 0 Å². The van der Waals surface area contributed by atoms with E-state index in [4.69, 9.17) is 0 Å². The molecule has 3 rings (SSSR count). The molecule has 2 heterocycles. The third kappa shape index (κ3) is 6.98.